The molecule has 0 amide bonds. The Hall–Kier alpha value is -1.65. The summed E-state index contributed by atoms with van der Waals surface area (Å²) in [5, 5.41) is 0. The number of imidazole rings is 3. The van der Waals surface area contributed by atoms with Gasteiger partial charge in [-0.05, 0) is 36.7 Å². The molecule has 0 radical (unpaired) electrons. The van der Waals surface area contributed by atoms with E-state index >= 15 is 0 Å². The molecule has 0 unspecified atom stereocenters. The van der Waals surface area contributed by atoms with Crippen LogP contribution in [-0.4, -0.2) is 36.6 Å². The molecule has 0 fully saturated rings. The normalized spacial score (nSPS) is 10.7. The molecule has 3 heterocycles. The Morgan fingerprint density at radius 3 is 1.16 bits per heavy atom. The van der Waals surface area contributed by atoms with Crippen LogP contribution in [0.15, 0.2) is 18.6 Å². The van der Waals surface area contributed by atoms with Gasteiger partial charge in [-0.15, -0.1) is 0 Å². The number of hydrogen-bond donors (Lipinski definition) is 6. The zero-order valence-corrected chi connectivity index (χ0v) is 12.0. The Morgan fingerprint density at radius 1 is 0.632 bits per heavy atom. The molecule has 0 atom stereocenters. The highest BCUT2D eigenvalue weighted by atomic mass is 32.1. The quantitative estimate of drug-likeness (QED) is 0.311. The molecule has 3 rings (SSSR count). The minimum Gasteiger partial charge on any atom is -0.342 e. The summed E-state index contributed by atoms with van der Waals surface area (Å²) in [6.45, 7) is -0.0890. The van der Waals surface area contributed by atoms with E-state index in [0.717, 1.165) is 16.8 Å². The van der Waals surface area contributed by atoms with E-state index in [0.29, 0.717) is 14.3 Å². The lowest BCUT2D eigenvalue weighted by molar-refractivity contribution is 1.27. The predicted octanol–water partition coefficient (Wildman–Crippen LogP) is 0.360. The molecular weight excluding hydrogens is 299 g/mol. The number of aromatic nitrogens is 6. The van der Waals surface area contributed by atoms with Crippen LogP contribution in [0, 0.1) is 14.3 Å². The lowest BCUT2D eigenvalue weighted by atomic mass is 9.43. The summed E-state index contributed by atoms with van der Waals surface area (Å²) in [7, 11) is 0. The number of hydrogen-bond acceptors (Lipinski definition) is 3. The smallest absolute Gasteiger partial charge is 0.307 e. The molecule has 3 aromatic rings. The van der Waals surface area contributed by atoms with E-state index in [2.05, 4.69) is 29.9 Å². The fourth-order valence-corrected chi connectivity index (χ4v) is 2.54. The third kappa shape index (κ3) is 2.42. The summed E-state index contributed by atoms with van der Waals surface area (Å²) in [5.41, 5.74) is 2.75. The van der Waals surface area contributed by atoms with Crippen LogP contribution < -0.4 is 16.8 Å². The average Bonchev–Trinajstić information content (AvgIpc) is 3.05. The molecule has 0 saturated heterocycles. The molecule has 0 bridgehead atoms. The van der Waals surface area contributed by atoms with E-state index in [-0.39, 0.29) is 6.71 Å². The first-order chi connectivity index (χ1) is 9.13. The molecule has 0 aliphatic rings. The van der Waals surface area contributed by atoms with Gasteiger partial charge in [0.25, 0.3) is 0 Å². The third-order valence-corrected chi connectivity index (χ3v) is 3.44. The summed E-state index contributed by atoms with van der Waals surface area (Å²) in [5.74, 6) is 0. The molecule has 10 heteroatoms. The Morgan fingerprint density at radius 2 is 0.947 bits per heavy atom. The van der Waals surface area contributed by atoms with Crippen LogP contribution in [-0.2, 0) is 0 Å². The van der Waals surface area contributed by atoms with Gasteiger partial charge in [-0.1, -0.05) is 0 Å². The van der Waals surface area contributed by atoms with Crippen molar-refractivity contribution in [1.82, 2.24) is 29.9 Å². The van der Waals surface area contributed by atoms with Crippen LogP contribution in [0.3, 0.4) is 0 Å². The van der Waals surface area contributed by atoms with Gasteiger partial charge in [0.1, 0.15) is 0 Å². The minimum atomic E-state index is -0.0890. The van der Waals surface area contributed by atoms with Crippen LogP contribution in [0.1, 0.15) is 0 Å². The van der Waals surface area contributed by atoms with E-state index in [1.165, 1.54) is 0 Å². The third-order valence-electron chi connectivity index (χ3n) is 2.78. The fourth-order valence-electron chi connectivity index (χ4n) is 2.01. The van der Waals surface area contributed by atoms with Crippen molar-refractivity contribution in [2.24, 2.45) is 0 Å². The standard InChI is InChI=1S/C9H9BN6S3/c17-7-11-1-4(14-7)10(5-2-12-8(18)15-5)6-3-13-9(19)16-6/h1-3H,(H2,11,14,17)(H2,12,15,18)(H2,13,16,19). The Labute approximate surface area is 123 Å². The van der Waals surface area contributed by atoms with Crippen LogP contribution in [0.4, 0.5) is 0 Å². The van der Waals surface area contributed by atoms with E-state index in [1.807, 2.05) is 18.6 Å². The fraction of sp³-hybridized carbons (Fsp3) is 0. The predicted molar refractivity (Wildman–Crippen MR) is 82.6 cm³/mol. The van der Waals surface area contributed by atoms with Crippen LogP contribution >= 0.6 is 36.7 Å². The lowest BCUT2D eigenvalue weighted by Crippen LogP contribution is -2.54. The highest BCUT2D eigenvalue weighted by molar-refractivity contribution is 7.71. The maximum absolute atomic E-state index is 5.07. The minimum absolute atomic E-state index is 0.0890. The first kappa shape index (κ1) is 12.4. The summed E-state index contributed by atoms with van der Waals surface area (Å²) in [6.07, 6.45) is 5.50. The average molecular weight is 308 g/mol. The maximum atomic E-state index is 5.07. The van der Waals surface area contributed by atoms with Gasteiger partial charge >= 0.3 is 6.71 Å². The molecule has 0 aromatic carbocycles. The highest BCUT2D eigenvalue weighted by Gasteiger charge is 2.26. The SMILES string of the molecule is S=c1[nH]cc(B(c2c[nH]c(=S)[nH]2)c2c[nH]c(=S)[nH]2)[nH]1. The summed E-state index contributed by atoms with van der Waals surface area (Å²) < 4.78 is 1.72. The Kier molecular flexibility index (Phi) is 3.13. The van der Waals surface area contributed by atoms with Gasteiger partial charge in [0.05, 0.1) is 0 Å². The molecular formula is C9H9BN6S3. The first-order valence-corrected chi connectivity index (χ1v) is 6.69. The second kappa shape index (κ2) is 4.80. The Balaban J connectivity index is 2.18. The molecule has 0 aliphatic heterocycles. The van der Waals surface area contributed by atoms with Crippen LogP contribution in [0.25, 0.3) is 0 Å². The molecule has 6 N–H and O–H groups in total. The second-order valence-electron chi connectivity index (χ2n) is 4.03. The van der Waals surface area contributed by atoms with Gasteiger partial charge in [0.2, 0.25) is 0 Å². The van der Waals surface area contributed by atoms with Crippen molar-refractivity contribution in [2.75, 3.05) is 0 Å². The van der Waals surface area contributed by atoms with Gasteiger partial charge < -0.3 is 29.9 Å². The van der Waals surface area contributed by atoms with Crippen molar-refractivity contribution < 1.29 is 0 Å². The maximum Gasteiger partial charge on any atom is 0.307 e. The lowest BCUT2D eigenvalue weighted by Gasteiger charge is -2.07. The second-order valence-corrected chi connectivity index (χ2v) is 5.25. The molecule has 0 saturated carbocycles. The van der Waals surface area contributed by atoms with E-state index in [9.17, 15) is 0 Å². The molecule has 3 aromatic heterocycles. The van der Waals surface area contributed by atoms with Crippen molar-refractivity contribution in [2.45, 2.75) is 0 Å². The number of H-pyrrole nitrogens is 6. The van der Waals surface area contributed by atoms with Gasteiger partial charge in [-0.2, -0.15) is 0 Å². The Bertz CT molecular complexity index is 746. The van der Waals surface area contributed by atoms with Gasteiger partial charge in [-0.3, -0.25) is 0 Å². The summed E-state index contributed by atoms with van der Waals surface area (Å²) in [6, 6.07) is 0. The van der Waals surface area contributed by atoms with E-state index in [4.69, 9.17) is 36.7 Å². The van der Waals surface area contributed by atoms with Crippen molar-refractivity contribution in [3.63, 3.8) is 0 Å². The van der Waals surface area contributed by atoms with Gasteiger partial charge in [-0.25, -0.2) is 0 Å². The number of nitrogens with one attached hydrogen (secondary N) is 6. The van der Waals surface area contributed by atoms with Gasteiger partial charge in [0, 0.05) is 35.4 Å². The highest BCUT2D eigenvalue weighted by Crippen LogP contribution is 1.89. The number of rotatable bonds is 3. The van der Waals surface area contributed by atoms with Gasteiger partial charge in [0.15, 0.2) is 14.3 Å². The molecule has 19 heavy (non-hydrogen) atoms. The molecule has 6 nitrogen and oxygen atoms in total. The zero-order valence-electron chi connectivity index (χ0n) is 9.53. The monoisotopic (exact) mass is 308 g/mol. The van der Waals surface area contributed by atoms with E-state index in [1.54, 1.807) is 0 Å². The topological polar surface area (TPSA) is 94.7 Å². The number of aromatic amines is 6. The van der Waals surface area contributed by atoms with E-state index < -0.39 is 0 Å². The first-order valence-electron chi connectivity index (χ1n) is 5.46. The molecule has 0 aliphatic carbocycles. The zero-order chi connectivity index (χ0) is 13.4. The van der Waals surface area contributed by atoms with Crippen molar-refractivity contribution in [3.05, 3.63) is 32.9 Å². The van der Waals surface area contributed by atoms with Crippen molar-refractivity contribution >= 4 is 60.1 Å². The largest absolute Gasteiger partial charge is 0.342 e. The van der Waals surface area contributed by atoms with Crippen LogP contribution in [0.5, 0.6) is 0 Å². The van der Waals surface area contributed by atoms with Crippen LogP contribution in [0.2, 0.25) is 0 Å². The van der Waals surface area contributed by atoms with Crippen molar-refractivity contribution in [3.8, 4) is 0 Å². The molecule has 0 spiro atoms. The summed E-state index contributed by atoms with van der Waals surface area (Å²) in [4.78, 5) is 18.2. The summed E-state index contributed by atoms with van der Waals surface area (Å²) >= 11 is 15.2. The van der Waals surface area contributed by atoms with Crippen molar-refractivity contribution in [1.29, 1.82) is 0 Å². The molecule has 96 valence electrons.